The van der Waals surface area contributed by atoms with Gasteiger partial charge in [-0.15, -0.1) is 11.3 Å². The predicted molar refractivity (Wildman–Crippen MR) is 127 cm³/mol. The first kappa shape index (κ1) is 17.2. The van der Waals surface area contributed by atoms with Crippen LogP contribution < -0.4 is 16.9 Å². The van der Waals surface area contributed by atoms with Crippen LogP contribution in [0.1, 0.15) is 5.56 Å². The SMILES string of the molecule is Cc1ccc(-n2c(=O)c3ccc4sc5ccccc5c5ccc(c2=O)c3c45)cc1N. The summed E-state index contributed by atoms with van der Waals surface area (Å²) in [7, 11) is 0. The van der Waals surface area contributed by atoms with Crippen molar-refractivity contribution in [3.05, 3.63) is 93.0 Å². The molecule has 2 aromatic heterocycles. The second-order valence-corrected chi connectivity index (χ2v) is 8.69. The number of nitrogens with two attached hydrogens (primary N) is 1. The van der Waals surface area contributed by atoms with Crippen LogP contribution in [0.25, 0.3) is 47.4 Å². The molecule has 5 heteroatoms. The van der Waals surface area contributed by atoms with Crippen LogP contribution >= 0.6 is 11.3 Å². The van der Waals surface area contributed by atoms with Crippen LogP contribution in [0.5, 0.6) is 0 Å². The summed E-state index contributed by atoms with van der Waals surface area (Å²) in [6.45, 7) is 1.89. The number of pyridine rings is 1. The van der Waals surface area contributed by atoms with Gasteiger partial charge >= 0.3 is 0 Å². The van der Waals surface area contributed by atoms with Gasteiger partial charge in [0.05, 0.1) is 5.69 Å². The highest BCUT2D eigenvalue weighted by Crippen LogP contribution is 2.39. The first-order valence-corrected chi connectivity index (χ1v) is 10.5. The fourth-order valence-electron chi connectivity index (χ4n) is 4.36. The Morgan fingerprint density at radius 1 is 0.733 bits per heavy atom. The van der Waals surface area contributed by atoms with Gasteiger partial charge in [0.2, 0.25) is 0 Å². The van der Waals surface area contributed by atoms with E-state index in [1.165, 1.54) is 9.27 Å². The number of hydrogen-bond acceptors (Lipinski definition) is 4. The van der Waals surface area contributed by atoms with E-state index >= 15 is 0 Å². The molecule has 6 rings (SSSR count). The van der Waals surface area contributed by atoms with Crippen LogP contribution in [0.2, 0.25) is 0 Å². The van der Waals surface area contributed by atoms with Gasteiger partial charge in [-0.2, -0.15) is 0 Å². The van der Waals surface area contributed by atoms with Crippen LogP contribution in [0.3, 0.4) is 0 Å². The van der Waals surface area contributed by atoms with Crippen molar-refractivity contribution < 1.29 is 0 Å². The maximum Gasteiger partial charge on any atom is 0.265 e. The lowest BCUT2D eigenvalue weighted by atomic mass is 9.97. The van der Waals surface area contributed by atoms with Crippen molar-refractivity contribution in [1.29, 1.82) is 0 Å². The van der Waals surface area contributed by atoms with Crippen molar-refractivity contribution in [3.8, 4) is 5.69 Å². The minimum atomic E-state index is -0.316. The highest BCUT2D eigenvalue weighted by atomic mass is 32.1. The van der Waals surface area contributed by atoms with E-state index in [-0.39, 0.29) is 11.1 Å². The van der Waals surface area contributed by atoms with Crippen LogP contribution in [0.15, 0.2) is 76.3 Å². The molecule has 0 saturated carbocycles. The molecule has 144 valence electrons. The minimum absolute atomic E-state index is 0.316. The number of nitrogen functional groups attached to an aromatic ring is 1. The average molecular weight is 408 g/mol. The smallest absolute Gasteiger partial charge is 0.265 e. The molecule has 30 heavy (non-hydrogen) atoms. The normalized spacial score (nSPS) is 11.9. The maximum absolute atomic E-state index is 13.4. The Bertz CT molecular complexity index is 1730. The molecular weight excluding hydrogens is 392 g/mol. The number of nitrogens with zero attached hydrogens (tertiary/aromatic N) is 1. The zero-order valence-corrected chi connectivity index (χ0v) is 16.9. The largest absolute Gasteiger partial charge is 0.398 e. The molecule has 0 spiro atoms. The number of rotatable bonds is 1. The van der Waals surface area contributed by atoms with Crippen LogP contribution in [-0.2, 0) is 0 Å². The summed E-state index contributed by atoms with van der Waals surface area (Å²) in [4.78, 5) is 26.9. The van der Waals surface area contributed by atoms with Gasteiger partial charge in [-0.25, -0.2) is 4.57 Å². The van der Waals surface area contributed by atoms with E-state index in [9.17, 15) is 9.59 Å². The number of anilines is 1. The van der Waals surface area contributed by atoms with Crippen molar-refractivity contribution in [1.82, 2.24) is 4.57 Å². The number of fused-ring (bicyclic) bond motifs is 2. The first-order valence-electron chi connectivity index (χ1n) is 9.66. The fraction of sp³-hybridized carbons (Fsp3) is 0.0400. The van der Waals surface area contributed by atoms with E-state index < -0.39 is 0 Å². The van der Waals surface area contributed by atoms with E-state index in [2.05, 4.69) is 12.1 Å². The average Bonchev–Trinajstić information content (AvgIpc) is 2.76. The Morgan fingerprint density at radius 3 is 2.20 bits per heavy atom. The van der Waals surface area contributed by atoms with Gasteiger partial charge in [-0.05, 0) is 59.7 Å². The van der Waals surface area contributed by atoms with Crippen LogP contribution in [0, 0.1) is 6.92 Å². The molecule has 0 aliphatic carbocycles. The standard InChI is InChI=1S/C25H16N2O2S/c1-13-6-7-14(12-19(13)26)27-24(28)17-9-8-16-15-4-2-3-5-20(15)30-21-11-10-18(25(27)29)22(17)23(16)21/h2-12H,26H2,1H3. The number of hydrogen-bond donors (Lipinski definition) is 1. The second-order valence-electron chi connectivity index (χ2n) is 7.61. The molecule has 6 aromatic rings. The van der Waals surface area contributed by atoms with Crippen LogP contribution in [-0.4, -0.2) is 4.57 Å². The summed E-state index contributed by atoms with van der Waals surface area (Å²) < 4.78 is 3.48. The highest BCUT2D eigenvalue weighted by molar-refractivity contribution is 7.25. The molecule has 4 aromatic carbocycles. The van der Waals surface area contributed by atoms with Gasteiger partial charge in [-0.3, -0.25) is 9.59 Å². The van der Waals surface area contributed by atoms with E-state index in [1.807, 2.05) is 49.4 Å². The molecule has 2 heterocycles. The molecule has 0 atom stereocenters. The Balaban J connectivity index is 1.84. The van der Waals surface area contributed by atoms with E-state index in [1.54, 1.807) is 23.5 Å². The molecule has 4 nitrogen and oxygen atoms in total. The lowest BCUT2D eigenvalue weighted by Gasteiger charge is -2.14. The Kier molecular flexibility index (Phi) is 3.38. The molecule has 0 bridgehead atoms. The molecule has 0 saturated heterocycles. The van der Waals surface area contributed by atoms with Gasteiger partial charge in [0.25, 0.3) is 11.1 Å². The third-order valence-corrected chi connectivity index (χ3v) is 7.04. The third kappa shape index (κ3) is 2.15. The predicted octanol–water partition coefficient (Wildman–Crippen LogP) is 5.20. The van der Waals surface area contributed by atoms with E-state index in [4.69, 9.17) is 5.73 Å². The Morgan fingerprint density at radius 2 is 1.43 bits per heavy atom. The fourth-order valence-corrected chi connectivity index (χ4v) is 5.48. The number of benzene rings is 4. The highest BCUT2D eigenvalue weighted by Gasteiger charge is 2.19. The quantitative estimate of drug-likeness (QED) is 0.231. The minimum Gasteiger partial charge on any atom is -0.398 e. The Hall–Kier alpha value is -3.70. The third-order valence-electron chi connectivity index (χ3n) is 5.91. The van der Waals surface area contributed by atoms with Crippen LogP contribution in [0.4, 0.5) is 5.69 Å². The number of aromatic nitrogens is 1. The van der Waals surface area contributed by atoms with E-state index in [0.717, 1.165) is 31.8 Å². The maximum atomic E-state index is 13.4. The summed E-state index contributed by atoms with van der Waals surface area (Å²) in [5, 5.41) is 5.02. The molecule has 0 fully saturated rings. The van der Waals surface area contributed by atoms with Crippen molar-refractivity contribution in [2.75, 3.05) is 5.73 Å². The van der Waals surface area contributed by atoms with Gasteiger partial charge < -0.3 is 5.73 Å². The molecule has 0 aliphatic heterocycles. The lowest BCUT2D eigenvalue weighted by molar-refractivity contribution is 0.970. The van der Waals surface area contributed by atoms with Crippen molar-refractivity contribution in [2.24, 2.45) is 0 Å². The lowest BCUT2D eigenvalue weighted by Crippen LogP contribution is -2.32. The van der Waals surface area contributed by atoms with Gasteiger partial charge in [0, 0.05) is 36.6 Å². The van der Waals surface area contributed by atoms with Crippen molar-refractivity contribution in [3.63, 3.8) is 0 Å². The summed E-state index contributed by atoms with van der Waals surface area (Å²) in [5.41, 5.74) is 7.37. The molecular formula is C25H16N2O2S. The summed E-state index contributed by atoms with van der Waals surface area (Å²) in [6.07, 6.45) is 0. The monoisotopic (exact) mass is 408 g/mol. The first-order chi connectivity index (χ1) is 14.5. The van der Waals surface area contributed by atoms with Gasteiger partial charge in [0.15, 0.2) is 0 Å². The summed E-state index contributed by atoms with van der Waals surface area (Å²) in [5.74, 6) is 0. The molecule has 0 amide bonds. The molecule has 0 unspecified atom stereocenters. The zero-order chi connectivity index (χ0) is 20.6. The molecule has 0 aliphatic rings. The van der Waals surface area contributed by atoms with Gasteiger partial charge in [0.1, 0.15) is 0 Å². The second kappa shape index (κ2) is 5.90. The molecule has 0 radical (unpaired) electrons. The van der Waals surface area contributed by atoms with Crippen molar-refractivity contribution in [2.45, 2.75) is 6.92 Å². The topological polar surface area (TPSA) is 65.1 Å². The van der Waals surface area contributed by atoms with Gasteiger partial charge in [-0.1, -0.05) is 30.3 Å². The summed E-state index contributed by atoms with van der Waals surface area (Å²) >= 11 is 1.68. The van der Waals surface area contributed by atoms with E-state index in [0.29, 0.717) is 22.1 Å². The Labute approximate surface area is 174 Å². The zero-order valence-electron chi connectivity index (χ0n) is 16.1. The molecule has 2 N–H and O–H groups in total. The summed E-state index contributed by atoms with van der Waals surface area (Å²) in [6, 6.07) is 21.2. The van der Waals surface area contributed by atoms with Crippen molar-refractivity contribution >= 4 is 58.7 Å². The number of aryl methyl sites for hydroxylation is 1.